The van der Waals surface area contributed by atoms with Gasteiger partial charge in [-0.25, -0.2) is 0 Å². The summed E-state index contributed by atoms with van der Waals surface area (Å²) in [4.78, 5) is 38.1. The van der Waals surface area contributed by atoms with Crippen LogP contribution in [0.4, 0.5) is 5.69 Å². The van der Waals surface area contributed by atoms with Gasteiger partial charge in [0.05, 0.1) is 19.2 Å². The van der Waals surface area contributed by atoms with E-state index in [4.69, 9.17) is 9.47 Å². The minimum atomic E-state index is -1.09. The highest BCUT2D eigenvalue weighted by molar-refractivity contribution is 6.01. The van der Waals surface area contributed by atoms with Gasteiger partial charge in [0.25, 0.3) is 0 Å². The van der Waals surface area contributed by atoms with Crippen LogP contribution < -0.4 is 10.1 Å². The topological polar surface area (TPSA) is 81.7 Å². The second-order valence-corrected chi connectivity index (χ2v) is 7.69. The zero-order chi connectivity index (χ0) is 23.8. The van der Waals surface area contributed by atoms with E-state index in [9.17, 15) is 14.4 Å². The first kappa shape index (κ1) is 23.7. The number of carbonyl (C=O) groups excluding carboxylic acids is 3. The quantitative estimate of drug-likeness (QED) is 0.362. The maximum absolute atomic E-state index is 13.2. The predicted octanol–water partition coefficient (Wildman–Crippen LogP) is 5.20. The molecule has 6 nitrogen and oxygen atoms in total. The fraction of sp³-hybridized carbons (Fsp3) is 0.222. The lowest BCUT2D eigenvalue weighted by Crippen LogP contribution is -2.21. The Bertz CT molecular complexity index is 1140. The van der Waals surface area contributed by atoms with Crippen molar-refractivity contribution in [3.63, 3.8) is 0 Å². The first-order valence-corrected chi connectivity index (χ1v) is 10.7. The molecule has 0 unspecified atom stereocenters. The number of benzene rings is 3. The maximum Gasteiger partial charge on any atom is 0.307 e. The molecule has 0 aliphatic rings. The minimum absolute atomic E-state index is 0.0871. The van der Waals surface area contributed by atoms with Crippen molar-refractivity contribution in [2.45, 2.75) is 32.8 Å². The lowest BCUT2D eigenvalue weighted by Gasteiger charge is -2.18. The van der Waals surface area contributed by atoms with E-state index in [0.717, 1.165) is 11.1 Å². The molecule has 3 aromatic rings. The number of Topliss-reactive ketones (excluding diaryl/α,β-unsaturated/α-hetero) is 1. The van der Waals surface area contributed by atoms with Crippen molar-refractivity contribution < 1.29 is 23.9 Å². The maximum atomic E-state index is 13.2. The van der Waals surface area contributed by atoms with Gasteiger partial charge in [0.15, 0.2) is 6.10 Å². The first-order valence-electron chi connectivity index (χ1n) is 10.7. The number of ketones is 1. The predicted molar refractivity (Wildman–Crippen MR) is 126 cm³/mol. The number of hydrogen-bond acceptors (Lipinski definition) is 5. The van der Waals surface area contributed by atoms with Crippen LogP contribution >= 0.6 is 0 Å². The molecule has 1 atom stereocenters. The number of carbonyl (C=O) groups is 3. The summed E-state index contributed by atoms with van der Waals surface area (Å²) in [5.74, 6) is -0.767. The number of amides is 1. The SMILES string of the molecule is COc1ccccc1NC(=O)CCC(=O)O[C@H](C(=O)c1ccc(C)c(C)c1)c1ccccc1. The van der Waals surface area contributed by atoms with Crippen molar-refractivity contribution in [2.24, 2.45) is 0 Å². The van der Waals surface area contributed by atoms with Crippen LogP contribution in [0.25, 0.3) is 0 Å². The number of esters is 1. The van der Waals surface area contributed by atoms with Gasteiger partial charge >= 0.3 is 5.97 Å². The summed E-state index contributed by atoms with van der Waals surface area (Å²) in [7, 11) is 1.51. The molecule has 6 heteroatoms. The molecule has 1 N–H and O–H groups in total. The normalized spacial score (nSPS) is 11.4. The summed E-state index contributed by atoms with van der Waals surface area (Å²) >= 11 is 0. The van der Waals surface area contributed by atoms with E-state index in [-0.39, 0.29) is 24.5 Å². The largest absolute Gasteiger partial charge is 0.495 e. The zero-order valence-corrected chi connectivity index (χ0v) is 19.0. The Morgan fingerprint density at radius 1 is 0.848 bits per heavy atom. The summed E-state index contributed by atoms with van der Waals surface area (Å²) in [5.41, 5.74) is 3.61. The molecular formula is C27H27NO5. The third-order valence-electron chi connectivity index (χ3n) is 5.32. The van der Waals surface area contributed by atoms with Crippen LogP contribution in [0.1, 0.15) is 46.0 Å². The average molecular weight is 446 g/mol. The smallest absolute Gasteiger partial charge is 0.307 e. The lowest BCUT2D eigenvalue weighted by molar-refractivity contribution is -0.148. The molecule has 33 heavy (non-hydrogen) atoms. The fourth-order valence-electron chi connectivity index (χ4n) is 3.31. The van der Waals surface area contributed by atoms with E-state index >= 15 is 0 Å². The molecule has 0 saturated heterocycles. The molecule has 0 aromatic heterocycles. The molecule has 170 valence electrons. The number of ether oxygens (including phenoxy) is 2. The second-order valence-electron chi connectivity index (χ2n) is 7.69. The first-order chi connectivity index (χ1) is 15.9. The molecule has 0 fully saturated rings. The molecule has 0 heterocycles. The summed E-state index contributed by atoms with van der Waals surface area (Å²) < 4.78 is 10.8. The molecule has 0 radical (unpaired) electrons. The van der Waals surface area contributed by atoms with Crippen molar-refractivity contribution in [3.05, 3.63) is 95.1 Å². The number of anilines is 1. The number of nitrogens with one attached hydrogen (secondary N) is 1. The third kappa shape index (κ3) is 6.29. The van der Waals surface area contributed by atoms with Crippen molar-refractivity contribution in [2.75, 3.05) is 12.4 Å². The summed E-state index contributed by atoms with van der Waals surface area (Å²) in [6.07, 6.45) is -1.33. The number of hydrogen-bond donors (Lipinski definition) is 1. The van der Waals surface area contributed by atoms with Gasteiger partial charge in [0, 0.05) is 17.5 Å². The van der Waals surface area contributed by atoms with E-state index in [1.165, 1.54) is 7.11 Å². The molecule has 0 spiro atoms. The van der Waals surface area contributed by atoms with Crippen molar-refractivity contribution in [1.82, 2.24) is 0 Å². The number of para-hydroxylation sites is 2. The van der Waals surface area contributed by atoms with Crippen molar-refractivity contribution >= 4 is 23.3 Å². The van der Waals surface area contributed by atoms with E-state index in [2.05, 4.69) is 5.32 Å². The van der Waals surface area contributed by atoms with Gasteiger partial charge in [0.2, 0.25) is 11.7 Å². The highest BCUT2D eigenvalue weighted by atomic mass is 16.5. The highest BCUT2D eigenvalue weighted by Crippen LogP contribution is 2.25. The highest BCUT2D eigenvalue weighted by Gasteiger charge is 2.26. The van der Waals surface area contributed by atoms with E-state index in [1.54, 1.807) is 60.7 Å². The van der Waals surface area contributed by atoms with Gasteiger partial charge < -0.3 is 14.8 Å². The van der Waals surface area contributed by atoms with Gasteiger partial charge in [-0.15, -0.1) is 0 Å². The van der Waals surface area contributed by atoms with Crippen LogP contribution in [-0.2, 0) is 14.3 Å². The standard InChI is InChI=1S/C27H27NO5/c1-18-13-14-21(17-19(18)2)26(31)27(20-9-5-4-6-10-20)33-25(30)16-15-24(29)28-22-11-7-8-12-23(22)32-3/h4-14,17,27H,15-16H2,1-3H3,(H,28,29)/t27-/m0/s1. The van der Waals surface area contributed by atoms with E-state index in [1.807, 2.05) is 26.0 Å². The summed E-state index contributed by atoms with van der Waals surface area (Å²) in [6, 6.07) is 21.3. The number of rotatable bonds is 9. The molecular weight excluding hydrogens is 418 g/mol. The third-order valence-corrected chi connectivity index (χ3v) is 5.32. The van der Waals surface area contributed by atoms with E-state index in [0.29, 0.717) is 22.6 Å². The van der Waals surface area contributed by atoms with Crippen molar-refractivity contribution in [3.8, 4) is 5.75 Å². The molecule has 3 aromatic carbocycles. The molecule has 0 saturated carbocycles. The Labute approximate surface area is 193 Å². The van der Waals surface area contributed by atoms with Gasteiger partial charge in [-0.2, -0.15) is 0 Å². The molecule has 0 aliphatic heterocycles. The molecule has 0 aliphatic carbocycles. The second kappa shape index (κ2) is 11.1. The number of methoxy groups -OCH3 is 1. The molecule has 3 rings (SSSR count). The minimum Gasteiger partial charge on any atom is -0.495 e. The van der Waals surface area contributed by atoms with Crippen LogP contribution in [0.5, 0.6) is 5.75 Å². The molecule has 1 amide bonds. The summed E-state index contributed by atoms with van der Waals surface area (Å²) in [6.45, 7) is 3.89. The summed E-state index contributed by atoms with van der Waals surface area (Å²) in [5, 5.41) is 2.72. The Kier molecular flexibility index (Phi) is 7.97. The van der Waals surface area contributed by atoms with Crippen LogP contribution in [0, 0.1) is 13.8 Å². The lowest BCUT2D eigenvalue weighted by atomic mass is 9.97. The van der Waals surface area contributed by atoms with E-state index < -0.39 is 12.1 Å². The van der Waals surface area contributed by atoms with Gasteiger partial charge in [-0.05, 0) is 43.2 Å². The Balaban J connectivity index is 1.68. The van der Waals surface area contributed by atoms with Crippen LogP contribution in [-0.4, -0.2) is 24.8 Å². The Morgan fingerprint density at radius 3 is 2.24 bits per heavy atom. The fourth-order valence-corrected chi connectivity index (χ4v) is 3.31. The van der Waals surface area contributed by atoms with Crippen LogP contribution in [0.15, 0.2) is 72.8 Å². The van der Waals surface area contributed by atoms with Crippen LogP contribution in [0.3, 0.4) is 0 Å². The average Bonchev–Trinajstić information content (AvgIpc) is 2.83. The Morgan fingerprint density at radius 2 is 1.55 bits per heavy atom. The van der Waals surface area contributed by atoms with Crippen LogP contribution in [0.2, 0.25) is 0 Å². The van der Waals surface area contributed by atoms with Gasteiger partial charge in [-0.3, -0.25) is 14.4 Å². The Hall–Kier alpha value is -3.93. The van der Waals surface area contributed by atoms with Crippen molar-refractivity contribution in [1.29, 1.82) is 0 Å². The van der Waals surface area contributed by atoms with Gasteiger partial charge in [0.1, 0.15) is 5.75 Å². The monoisotopic (exact) mass is 445 g/mol. The zero-order valence-electron chi connectivity index (χ0n) is 19.0. The number of aryl methyl sites for hydroxylation is 2. The molecule has 0 bridgehead atoms. The van der Waals surface area contributed by atoms with Gasteiger partial charge in [-0.1, -0.05) is 54.6 Å².